The summed E-state index contributed by atoms with van der Waals surface area (Å²) in [5.41, 5.74) is 4.51. The number of nitrogens with one attached hydrogen (secondary N) is 2. The predicted octanol–water partition coefficient (Wildman–Crippen LogP) is 2.67. The molecular weight excluding hydrogens is 172 g/mol. The fourth-order valence-corrected chi connectivity index (χ4v) is 1.62. The summed E-state index contributed by atoms with van der Waals surface area (Å²) in [7, 11) is 1.89. The molecule has 0 saturated carbocycles. The molecule has 2 rings (SSSR count). The molecule has 0 aliphatic rings. The van der Waals surface area contributed by atoms with Crippen LogP contribution in [0.2, 0.25) is 0 Å². The summed E-state index contributed by atoms with van der Waals surface area (Å²) in [6.45, 7) is 6.06. The Kier molecular flexibility index (Phi) is 2.04. The van der Waals surface area contributed by atoms with Crippen molar-refractivity contribution in [1.29, 1.82) is 0 Å². The number of aromatic nitrogens is 1. The Hall–Kier alpha value is -1.70. The molecule has 0 aliphatic carbocycles. The lowest BCUT2D eigenvalue weighted by molar-refractivity contribution is 1.14. The Bertz CT molecular complexity index is 480. The average molecular weight is 186 g/mol. The van der Waals surface area contributed by atoms with Crippen molar-refractivity contribution in [3.8, 4) is 0 Å². The van der Waals surface area contributed by atoms with Gasteiger partial charge in [0.05, 0.1) is 0 Å². The lowest BCUT2D eigenvalue weighted by Gasteiger charge is -2.02. The maximum atomic E-state index is 3.96. The van der Waals surface area contributed by atoms with E-state index in [9.17, 15) is 0 Å². The highest BCUT2D eigenvalue weighted by atomic mass is 14.8. The molecule has 1 aromatic heterocycles. The lowest BCUT2D eigenvalue weighted by atomic mass is 10.1. The summed E-state index contributed by atoms with van der Waals surface area (Å²) in [5, 5.41) is 4.29. The highest BCUT2D eigenvalue weighted by molar-refractivity contribution is 5.92. The lowest BCUT2D eigenvalue weighted by Crippen LogP contribution is -2.01. The van der Waals surface area contributed by atoms with Crippen LogP contribution >= 0.6 is 0 Å². The Morgan fingerprint density at radius 2 is 2.21 bits per heavy atom. The molecule has 0 spiro atoms. The third-order valence-corrected chi connectivity index (χ3v) is 2.46. The van der Waals surface area contributed by atoms with Crippen molar-refractivity contribution < 1.29 is 0 Å². The molecule has 0 aliphatic heterocycles. The van der Waals surface area contributed by atoms with Crippen molar-refractivity contribution >= 4 is 16.6 Å². The van der Waals surface area contributed by atoms with Gasteiger partial charge in [-0.1, -0.05) is 18.2 Å². The average Bonchev–Trinajstić information content (AvgIpc) is 2.59. The molecule has 72 valence electrons. The summed E-state index contributed by atoms with van der Waals surface area (Å²) in [6.07, 6.45) is 1.99. The summed E-state index contributed by atoms with van der Waals surface area (Å²) >= 11 is 0. The van der Waals surface area contributed by atoms with Crippen molar-refractivity contribution in [2.45, 2.75) is 6.92 Å². The molecule has 0 bridgehead atoms. The van der Waals surface area contributed by atoms with Gasteiger partial charge >= 0.3 is 0 Å². The molecule has 0 saturated heterocycles. The zero-order valence-electron chi connectivity index (χ0n) is 8.52. The van der Waals surface area contributed by atoms with Gasteiger partial charge in [-0.05, 0) is 19.1 Å². The van der Waals surface area contributed by atoms with Crippen LogP contribution in [-0.4, -0.2) is 12.0 Å². The minimum atomic E-state index is 0.946. The smallest absolute Gasteiger partial charge is 0.0461 e. The van der Waals surface area contributed by atoms with E-state index in [0.29, 0.717) is 0 Å². The summed E-state index contributed by atoms with van der Waals surface area (Å²) in [5.74, 6) is 0. The SMILES string of the molecule is C=C(NC)c1c[nH]c2ccc(C)cc12. The minimum absolute atomic E-state index is 0.946. The number of fused-ring (bicyclic) bond motifs is 1. The molecule has 2 aromatic rings. The normalized spacial score (nSPS) is 10.4. The van der Waals surface area contributed by atoms with Gasteiger partial charge < -0.3 is 10.3 Å². The van der Waals surface area contributed by atoms with Gasteiger partial charge in [-0.2, -0.15) is 0 Å². The van der Waals surface area contributed by atoms with Gasteiger partial charge in [0.2, 0.25) is 0 Å². The highest BCUT2D eigenvalue weighted by Crippen LogP contribution is 2.23. The van der Waals surface area contributed by atoms with E-state index in [1.165, 1.54) is 10.9 Å². The van der Waals surface area contributed by atoms with Gasteiger partial charge in [0, 0.05) is 35.4 Å². The molecule has 0 atom stereocenters. The molecule has 14 heavy (non-hydrogen) atoms. The van der Waals surface area contributed by atoms with Gasteiger partial charge in [-0.25, -0.2) is 0 Å². The van der Waals surface area contributed by atoms with E-state index in [4.69, 9.17) is 0 Å². The Labute approximate surface area is 83.6 Å². The summed E-state index contributed by atoms with van der Waals surface area (Å²) in [6, 6.07) is 6.37. The standard InChI is InChI=1S/C12H14N2/c1-8-4-5-12-10(6-8)11(7-14-12)9(2)13-3/h4-7,13-14H,2H2,1,3H3. The third-order valence-electron chi connectivity index (χ3n) is 2.46. The molecular formula is C12H14N2. The van der Waals surface area contributed by atoms with Crippen LogP contribution in [0.1, 0.15) is 11.1 Å². The third kappa shape index (κ3) is 1.29. The molecule has 0 amide bonds. The second kappa shape index (κ2) is 3.22. The van der Waals surface area contributed by atoms with Gasteiger partial charge in [-0.15, -0.1) is 0 Å². The molecule has 1 aromatic carbocycles. The van der Waals surface area contributed by atoms with Crippen LogP contribution in [0.4, 0.5) is 0 Å². The van der Waals surface area contributed by atoms with E-state index < -0.39 is 0 Å². The number of H-pyrrole nitrogens is 1. The first kappa shape index (κ1) is 8.88. The fraction of sp³-hybridized carbons (Fsp3) is 0.167. The van der Waals surface area contributed by atoms with Crippen molar-refractivity contribution in [3.05, 3.63) is 42.1 Å². The second-order valence-electron chi connectivity index (χ2n) is 3.48. The van der Waals surface area contributed by atoms with Gasteiger partial charge in [0.1, 0.15) is 0 Å². The number of hydrogen-bond acceptors (Lipinski definition) is 1. The number of hydrogen-bond donors (Lipinski definition) is 2. The Morgan fingerprint density at radius 1 is 1.43 bits per heavy atom. The van der Waals surface area contributed by atoms with Crippen LogP contribution in [0.15, 0.2) is 31.0 Å². The highest BCUT2D eigenvalue weighted by Gasteiger charge is 2.05. The molecule has 0 unspecified atom stereocenters. The van der Waals surface area contributed by atoms with E-state index >= 15 is 0 Å². The maximum absolute atomic E-state index is 3.96. The molecule has 2 N–H and O–H groups in total. The van der Waals surface area contributed by atoms with Gasteiger partial charge in [0.25, 0.3) is 0 Å². The molecule has 2 heteroatoms. The Balaban J connectivity index is 2.67. The zero-order valence-corrected chi connectivity index (χ0v) is 8.52. The largest absolute Gasteiger partial charge is 0.388 e. The van der Waals surface area contributed by atoms with E-state index in [1.807, 2.05) is 13.2 Å². The number of rotatable bonds is 2. The number of aryl methyl sites for hydroxylation is 1. The monoisotopic (exact) mass is 186 g/mol. The van der Waals surface area contributed by atoms with Crippen LogP contribution in [0, 0.1) is 6.92 Å². The fourth-order valence-electron chi connectivity index (χ4n) is 1.62. The van der Waals surface area contributed by atoms with Crippen LogP contribution in [0.25, 0.3) is 16.6 Å². The maximum Gasteiger partial charge on any atom is 0.0461 e. The topological polar surface area (TPSA) is 27.8 Å². The second-order valence-corrected chi connectivity index (χ2v) is 3.48. The van der Waals surface area contributed by atoms with E-state index in [1.54, 1.807) is 0 Å². The quantitative estimate of drug-likeness (QED) is 0.741. The van der Waals surface area contributed by atoms with Crippen LogP contribution in [0.5, 0.6) is 0 Å². The molecule has 0 fully saturated rings. The van der Waals surface area contributed by atoms with E-state index in [0.717, 1.165) is 16.8 Å². The van der Waals surface area contributed by atoms with Crippen LogP contribution in [-0.2, 0) is 0 Å². The molecule has 0 radical (unpaired) electrons. The first-order valence-corrected chi connectivity index (χ1v) is 4.67. The van der Waals surface area contributed by atoms with Crippen LogP contribution in [0.3, 0.4) is 0 Å². The van der Waals surface area contributed by atoms with Crippen molar-refractivity contribution in [2.75, 3.05) is 7.05 Å². The van der Waals surface area contributed by atoms with Crippen molar-refractivity contribution in [2.24, 2.45) is 0 Å². The van der Waals surface area contributed by atoms with E-state index in [-0.39, 0.29) is 0 Å². The number of benzene rings is 1. The van der Waals surface area contributed by atoms with Gasteiger partial charge in [-0.3, -0.25) is 0 Å². The zero-order chi connectivity index (χ0) is 10.1. The first-order chi connectivity index (χ1) is 6.72. The molecule has 1 heterocycles. The number of aromatic amines is 1. The van der Waals surface area contributed by atoms with Crippen molar-refractivity contribution in [1.82, 2.24) is 10.3 Å². The first-order valence-electron chi connectivity index (χ1n) is 4.67. The Morgan fingerprint density at radius 3 is 2.93 bits per heavy atom. The molecule has 2 nitrogen and oxygen atoms in total. The van der Waals surface area contributed by atoms with Gasteiger partial charge in [0.15, 0.2) is 0 Å². The van der Waals surface area contributed by atoms with E-state index in [2.05, 4.69) is 42.0 Å². The van der Waals surface area contributed by atoms with Crippen molar-refractivity contribution in [3.63, 3.8) is 0 Å². The minimum Gasteiger partial charge on any atom is -0.388 e. The summed E-state index contributed by atoms with van der Waals surface area (Å²) in [4.78, 5) is 3.23. The predicted molar refractivity (Wildman–Crippen MR) is 61.1 cm³/mol. The van der Waals surface area contributed by atoms with Crippen LogP contribution < -0.4 is 5.32 Å². The summed E-state index contributed by atoms with van der Waals surface area (Å²) < 4.78 is 0.